The summed E-state index contributed by atoms with van der Waals surface area (Å²) in [6.45, 7) is 3.30. The van der Waals surface area contributed by atoms with Crippen molar-refractivity contribution in [2.45, 2.75) is 19.3 Å². The molecule has 0 aliphatic carbocycles. The molecule has 2 nitrogen and oxygen atoms in total. The molecular weight excluding hydrogens is 232 g/mol. The second-order valence-electron chi connectivity index (χ2n) is 4.67. The number of hydrogen-bond acceptors (Lipinski definition) is 2. The summed E-state index contributed by atoms with van der Waals surface area (Å²) in [5.41, 5.74) is 2.60. The number of piperidine rings is 1. The van der Waals surface area contributed by atoms with Crippen LogP contribution in [0.1, 0.15) is 19.3 Å². The van der Waals surface area contributed by atoms with Crippen molar-refractivity contribution >= 4 is 23.0 Å². The van der Waals surface area contributed by atoms with E-state index in [1.807, 2.05) is 0 Å². The minimum absolute atomic E-state index is 0.671. The first kappa shape index (κ1) is 12.6. The Hall–Kier alpha value is -0.890. The third-order valence-corrected chi connectivity index (χ3v) is 3.60. The smallest absolute Gasteiger partial charge is 0.0399 e. The van der Waals surface area contributed by atoms with Gasteiger partial charge in [0.15, 0.2) is 0 Å². The van der Waals surface area contributed by atoms with E-state index in [9.17, 15) is 0 Å². The Morgan fingerprint density at radius 3 is 2.35 bits per heavy atom. The maximum atomic E-state index is 5.75. The summed E-state index contributed by atoms with van der Waals surface area (Å²) >= 11 is 5.75. The van der Waals surface area contributed by atoms with E-state index in [0.717, 1.165) is 6.54 Å². The van der Waals surface area contributed by atoms with Gasteiger partial charge in [-0.15, -0.1) is 11.6 Å². The van der Waals surface area contributed by atoms with Crippen molar-refractivity contribution in [2.75, 3.05) is 42.4 Å². The van der Waals surface area contributed by atoms with E-state index in [0.29, 0.717) is 5.88 Å². The van der Waals surface area contributed by atoms with Crippen LogP contribution in [0, 0.1) is 0 Å². The van der Waals surface area contributed by atoms with Gasteiger partial charge >= 0.3 is 0 Å². The van der Waals surface area contributed by atoms with Gasteiger partial charge in [0.1, 0.15) is 0 Å². The van der Waals surface area contributed by atoms with Gasteiger partial charge < -0.3 is 9.80 Å². The van der Waals surface area contributed by atoms with Crippen molar-refractivity contribution in [3.8, 4) is 0 Å². The number of rotatable bonds is 4. The minimum atomic E-state index is 0.671. The molecule has 1 aliphatic heterocycles. The van der Waals surface area contributed by atoms with Crippen molar-refractivity contribution in [3.05, 3.63) is 24.3 Å². The quantitative estimate of drug-likeness (QED) is 0.759. The summed E-state index contributed by atoms with van der Waals surface area (Å²) in [5, 5.41) is 0. The number of alkyl halides is 1. The second kappa shape index (κ2) is 6.15. The van der Waals surface area contributed by atoms with Crippen molar-refractivity contribution in [2.24, 2.45) is 0 Å². The van der Waals surface area contributed by atoms with Gasteiger partial charge in [0, 0.05) is 43.9 Å². The first-order chi connectivity index (χ1) is 8.31. The zero-order chi connectivity index (χ0) is 12.1. The molecule has 0 atom stereocenters. The van der Waals surface area contributed by atoms with E-state index >= 15 is 0 Å². The van der Waals surface area contributed by atoms with Crippen LogP contribution >= 0.6 is 11.6 Å². The Kier molecular flexibility index (Phi) is 4.55. The normalized spacial score (nSPS) is 16.0. The van der Waals surface area contributed by atoms with Crippen LogP contribution in [0.2, 0.25) is 0 Å². The van der Waals surface area contributed by atoms with Crippen LogP contribution in [0.3, 0.4) is 0 Å². The van der Waals surface area contributed by atoms with Gasteiger partial charge in [-0.3, -0.25) is 0 Å². The average Bonchev–Trinajstić information content (AvgIpc) is 2.40. The lowest BCUT2D eigenvalue weighted by atomic mass is 10.1. The monoisotopic (exact) mass is 252 g/mol. The molecule has 2 rings (SSSR count). The number of nitrogens with zero attached hydrogens (tertiary/aromatic N) is 2. The van der Waals surface area contributed by atoms with Crippen LogP contribution in [0.5, 0.6) is 0 Å². The van der Waals surface area contributed by atoms with Crippen molar-refractivity contribution in [1.29, 1.82) is 0 Å². The highest BCUT2D eigenvalue weighted by atomic mass is 35.5. The van der Waals surface area contributed by atoms with E-state index in [-0.39, 0.29) is 0 Å². The number of hydrogen-bond donors (Lipinski definition) is 0. The lowest BCUT2D eigenvalue weighted by Gasteiger charge is -2.29. The van der Waals surface area contributed by atoms with Crippen LogP contribution in [0.25, 0.3) is 0 Å². The van der Waals surface area contributed by atoms with Gasteiger partial charge in [-0.25, -0.2) is 0 Å². The summed E-state index contributed by atoms with van der Waals surface area (Å²) in [5.74, 6) is 0.671. The Bertz CT molecular complexity index is 331. The van der Waals surface area contributed by atoms with Gasteiger partial charge in [0.05, 0.1) is 0 Å². The molecule has 0 unspecified atom stereocenters. The fourth-order valence-electron chi connectivity index (χ4n) is 2.33. The standard InChI is InChI=1S/C14H21ClN2/c1-16(12-9-15)13-5-7-14(8-6-13)17-10-3-2-4-11-17/h5-8H,2-4,9-12H2,1H3. The van der Waals surface area contributed by atoms with Gasteiger partial charge in [-0.05, 0) is 43.5 Å². The Balaban J connectivity index is 2.01. The summed E-state index contributed by atoms with van der Waals surface area (Å²) in [6.07, 6.45) is 4.04. The molecule has 3 heteroatoms. The topological polar surface area (TPSA) is 6.48 Å². The number of halogens is 1. The fraction of sp³-hybridized carbons (Fsp3) is 0.571. The third-order valence-electron chi connectivity index (χ3n) is 3.43. The van der Waals surface area contributed by atoms with E-state index in [1.54, 1.807) is 0 Å². The molecule has 0 aromatic heterocycles. The summed E-state index contributed by atoms with van der Waals surface area (Å²) in [4.78, 5) is 4.67. The first-order valence-electron chi connectivity index (χ1n) is 6.43. The predicted octanol–water partition coefficient (Wildman–Crippen LogP) is 3.35. The fourth-order valence-corrected chi connectivity index (χ4v) is 2.58. The Morgan fingerprint density at radius 1 is 1.12 bits per heavy atom. The summed E-state index contributed by atoms with van der Waals surface area (Å²) in [7, 11) is 2.08. The molecule has 0 amide bonds. The largest absolute Gasteiger partial charge is 0.373 e. The Labute approximate surface area is 109 Å². The SMILES string of the molecule is CN(CCCl)c1ccc(N2CCCCC2)cc1. The van der Waals surface area contributed by atoms with E-state index < -0.39 is 0 Å². The second-order valence-corrected chi connectivity index (χ2v) is 5.05. The molecule has 1 heterocycles. The van der Waals surface area contributed by atoms with Crippen molar-refractivity contribution in [1.82, 2.24) is 0 Å². The molecular formula is C14H21ClN2. The maximum absolute atomic E-state index is 5.75. The van der Waals surface area contributed by atoms with Crippen molar-refractivity contribution < 1.29 is 0 Å². The van der Waals surface area contributed by atoms with E-state index in [1.165, 1.54) is 43.7 Å². The highest BCUT2D eigenvalue weighted by Crippen LogP contribution is 2.23. The molecule has 0 radical (unpaired) electrons. The zero-order valence-corrected chi connectivity index (χ0v) is 11.3. The molecule has 1 aliphatic rings. The van der Waals surface area contributed by atoms with Gasteiger partial charge in [0.25, 0.3) is 0 Å². The van der Waals surface area contributed by atoms with Crippen molar-refractivity contribution in [3.63, 3.8) is 0 Å². The summed E-state index contributed by atoms with van der Waals surface area (Å²) < 4.78 is 0. The van der Waals surface area contributed by atoms with Crippen LogP contribution < -0.4 is 9.80 Å². The molecule has 1 aromatic rings. The van der Waals surface area contributed by atoms with E-state index in [2.05, 4.69) is 41.1 Å². The zero-order valence-electron chi connectivity index (χ0n) is 10.5. The lowest BCUT2D eigenvalue weighted by Crippen LogP contribution is -2.29. The lowest BCUT2D eigenvalue weighted by molar-refractivity contribution is 0.578. The molecule has 1 saturated heterocycles. The highest BCUT2D eigenvalue weighted by Gasteiger charge is 2.10. The molecule has 17 heavy (non-hydrogen) atoms. The molecule has 1 fully saturated rings. The van der Waals surface area contributed by atoms with Crippen LogP contribution in [0.4, 0.5) is 11.4 Å². The van der Waals surface area contributed by atoms with Crippen LogP contribution in [-0.4, -0.2) is 32.6 Å². The number of anilines is 2. The maximum Gasteiger partial charge on any atom is 0.0399 e. The molecule has 0 spiro atoms. The number of benzene rings is 1. The van der Waals surface area contributed by atoms with E-state index in [4.69, 9.17) is 11.6 Å². The summed E-state index contributed by atoms with van der Waals surface area (Å²) in [6, 6.07) is 8.84. The molecule has 94 valence electrons. The van der Waals surface area contributed by atoms with Gasteiger partial charge in [0.2, 0.25) is 0 Å². The molecule has 0 saturated carbocycles. The molecule has 0 bridgehead atoms. The average molecular weight is 253 g/mol. The molecule has 0 N–H and O–H groups in total. The highest BCUT2D eigenvalue weighted by molar-refractivity contribution is 6.18. The minimum Gasteiger partial charge on any atom is -0.373 e. The van der Waals surface area contributed by atoms with Gasteiger partial charge in [-0.1, -0.05) is 0 Å². The van der Waals surface area contributed by atoms with Gasteiger partial charge in [-0.2, -0.15) is 0 Å². The Morgan fingerprint density at radius 2 is 1.76 bits per heavy atom. The first-order valence-corrected chi connectivity index (χ1v) is 6.97. The predicted molar refractivity (Wildman–Crippen MR) is 76.5 cm³/mol. The van der Waals surface area contributed by atoms with Crippen LogP contribution in [0.15, 0.2) is 24.3 Å². The molecule has 1 aromatic carbocycles. The third kappa shape index (κ3) is 3.29. The van der Waals surface area contributed by atoms with Crippen LogP contribution in [-0.2, 0) is 0 Å².